The van der Waals surface area contributed by atoms with Crippen LogP contribution < -0.4 is 10.1 Å². The maximum atomic E-state index is 11.9. The van der Waals surface area contributed by atoms with Crippen LogP contribution in [0.4, 0.5) is 5.69 Å². The Kier molecular flexibility index (Phi) is 5.45. The van der Waals surface area contributed by atoms with Crippen molar-refractivity contribution in [1.29, 1.82) is 0 Å². The van der Waals surface area contributed by atoms with Crippen molar-refractivity contribution in [2.75, 3.05) is 20.8 Å². The van der Waals surface area contributed by atoms with E-state index in [-0.39, 0.29) is 30.0 Å². The third kappa shape index (κ3) is 3.67. The molecule has 0 saturated carbocycles. The highest BCUT2D eigenvalue weighted by Gasteiger charge is 2.22. The zero-order valence-corrected chi connectivity index (χ0v) is 11.0. The van der Waals surface area contributed by atoms with Crippen molar-refractivity contribution in [3.05, 3.63) is 33.9 Å². The molecule has 0 aliphatic heterocycles. The average molecular weight is 282 g/mol. The van der Waals surface area contributed by atoms with Gasteiger partial charge in [0, 0.05) is 12.6 Å². The Morgan fingerprint density at radius 3 is 2.60 bits per heavy atom. The fourth-order valence-corrected chi connectivity index (χ4v) is 1.54. The summed E-state index contributed by atoms with van der Waals surface area (Å²) in [7, 11) is 2.49. The number of para-hydroxylation sites is 1. The van der Waals surface area contributed by atoms with Crippen molar-refractivity contribution in [3.63, 3.8) is 0 Å². The van der Waals surface area contributed by atoms with Crippen LogP contribution in [0.3, 0.4) is 0 Å². The van der Waals surface area contributed by atoms with Gasteiger partial charge in [0.15, 0.2) is 0 Å². The summed E-state index contributed by atoms with van der Waals surface area (Å²) in [6.45, 7) is 0.0668. The van der Waals surface area contributed by atoms with Crippen molar-refractivity contribution in [2.45, 2.75) is 6.42 Å². The molecule has 1 aromatic rings. The lowest BCUT2D eigenvalue weighted by atomic mass is 10.1. The molecule has 1 N–H and O–H groups in total. The zero-order chi connectivity index (χ0) is 15.1. The Hall–Kier alpha value is -2.64. The summed E-state index contributed by atoms with van der Waals surface area (Å²) in [5.74, 6) is -1.14. The maximum absolute atomic E-state index is 11.9. The highest BCUT2D eigenvalue weighted by molar-refractivity contribution is 5.98. The van der Waals surface area contributed by atoms with Gasteiger partial charge in [-0.1, -0.05) is 6.07 Å². The minimum atomic E-state index is -0.635. The molecule has 0 atom stereocenters. The molecule has 1 aromatic carbocycles. The summed E-state index contributed by atoms with van der Waals surface area (Å²) in [4.78, 5) is 33.0. The highest BCUT2D eigenvalue weighted by Crippen LogP contribution is 2.30. The van der Waals surface area contributed by atoms with Crippen LogP contribution in [0, 0.1) is 10.1 Å². The highest BCUT2D eigenvalue weighted by atomic mass is 16.6. The maximum Gasteiger partial charge on any atom is 0.311 e. The molecule has 0 radical (unpaired) electrons. The third-order valence-electron chi connectivity index (χ3n) is 2.48. The van der Waals surface area contributed by atoms with Crippen molar-refractivity contribution in [1.82, 2.24) is 5.32 Å². The standard InChI is InChI=1S/C12H14N2O6/c1-19-10(15)6-7-13-12(16)8-4-3-5-9(14(17)18)11(8)20-2/h3-5H,6-7H2,1-2H3,(H,13,16). The van der Waals surface area contributed by atoms with Crippen molar-refractivity contribution < 1.29 is 24.0 Å². The molecule has 1 amide bonds. The Morgan fingerprint density at radius 1 is 1.35 bits per heavy atom. The zero-order valence-electron chi connectivity index (χ0n) is 11.0. The van der Waals surface area contributed by atoms with E-state index in [1.165, 1.54) is 32.4 Å². The quantitative estimate of drug-likeness (QED) is 0.471. The molecule has 0 spiro atoms. The van der Waals surface area contributed by atoms with Crippen molar-refractivity contribution >= 4 is 17.6 Å². The molecular weight excluding hydrogens is 268 g/mol. The predicted octanol–water partition coefficient (Wildman–Crippen LogP) is 0.896. The molecule has 8 heteroatoms. The van der Waals surface area contributed by atoms with E-state index < -0.39 is 16.8 Å². The number of esters is 1. The fourth-order valence-electron chi connectivity index (χ4n) is 1.54. The Morgan fingerprint density at radius 2 is 2.05 bits per heavy atom. The number of carbonyl (C=O) groups excluding carboxylic acids is 2. The van der Waals surface area contributed by atoms with E-state index in [2.05, 4.69) is 10.1 Å². The van der Waals surface area contributed by atoms with Crippen LogP contribution in [-0.4, -0.2) is 37.6 Å². The first-order valence-corrected chi connectivity index (χ1v) is 5.67. The van der Waals surface area contributed by atoms with Crippen LogP contribution in [0.5, 0.6) is 5.75 Å². The minimum absolute atomic E-state index is 0.0134. The molecule has 0 aliphatic carbocycles. The number of benzene rings is 1. The molecule has 1 rings (SSSR count). The Balaban J connectivity index is 2.85. The van der Waals surface area contributed by atoms with E-state index in [0.29, 0.717) is 0 Å². The predicted molar refractivity (Wildman–Crippen MR) is 68.6 cm³/mol. The molecular formula is C12H14N2O6. The number of methoxy groups -OCH3 is 2. The van der Waals surface area contributed by atoms with Gasteiger partial charge >= 0.3 is 11.7 Å². The number of rotatable bonds is 6. The normalized spacial score (nSPS) is 9.70. The number of nitrogens with one attached hydrogen (secondary N) is 1. The number of carbonyl (C=O) groups is 2. The topological polar surface area (TPSA) is 108 Å². The molecule has 0 aromatic heterocycles. The van der Waals surface area contributed by atoms with Crippen LogP contribution >= 0.6 is 0 Å². The van der Waals surface area contributed by atoms with Gasteiger partial charge in [-0.3, -0.25) is 19.7 Å². The van der Waals surface area contributed by atoms with E-state index in [9.17, 15) is 19.7 Å². The van der Waals surface area contributed by atoms with E-state index in [0.717, 1.165) is 0 Å². The van der Waals surface area contributed by atoms with Gasteiger partial charge in [-0.2, -0.15) is 0 Å². The number of ether oxygens (including phenoxy) is 2. The largest absolute Gasteiger partial charge is 0.490 e. The molecule has 0 fully saturated rings. The van der Waals surface area contributed by atoms with Crippen LogP contribution in [-0.2, 0) is 9.53 Å². The third-order valence-corrected chi connectivity index (χ3v) is 2.48. The van der Waals surface area contributed by atoms with E-state index in [4.69, 9.17) is 4.74 Å². The summed E-state index contributed by atoms with van der Waals surface area (Å²) in [6.07, 6.45) is 0.0134. The molecule has 0 unspecified atom stereocenters. The van der Waals surface area contributed by atoms with Gasteiger partial charge in [0.2, 0.25) is 5.75 Å². The molecule has 0 saturated heterocycles. The van der Waals surface area contributed by atoms with Gasteiger partial charge in [-0.05, 0) is 6.07 Å². The minimum Gasteiger partial charge on any atom is -0.490 e. The summed E-state index contributed by atoms with van der Waals surface area (Å²) in [6, 6.07) is 4.03. The molecule has 0 heterocycles. The van der Waals surface area contributed by atoms with E-state index in [1.807, 2.05) is 0 Å². The van der Waals surface area contributed by atoms with E-state index in [1.54, 1.807) is 0 Å². The number of amides is 1. The second kappa shape index (κ2) is 7.07. The van der Waals surface area contributed by atoms with Gasteiger partial charge < -0.3 is 14.8 Å². The van der Waals surface area contributed by atoms with Crippen LogP contribution in [0.25, 0.3) is 0 Å². The lowest BCUT2D eigenvalue weighted by molar-refractivity contribution is -0.385. The Labute approximate surface area is 114 Å². The SMILES string of the molecule is COC(=O)CCNC(=O)c1cccc([N+](=O)[O-])c1OC. The number of nitro benzene ring substituents is 1. The Bertz CT molecular complexity index is 529. The summed E-state index contributed by atoms with van der Waals surface area (Å²) in [5, 5.41) is 13.3. The van der Waals surface area contributed by atoms with Crippen molar-refractivity contribution in [3.8, 4) is 5.75 Å². The number of nitrogens with zero attached hydrogens (tertiary/aromatic N) is 1. The average Bonchev–Trinajstić information content (AvgIpc) is 2.45. The smallest absolute Gasteiger partial charge is 0.311 e. The van der Waals surface area contributed by atoms with Gasteiger partial charge in [-0.25, -0.2) is 0 Å². The number of nitro groups is 1. The van der Waals surface area contributed by atoms with E-state index >= 15 is 0 Å². The van der Waals surface area contributed by atoms with Crippen molar-refractivity contribution in [2.24, 2.45) is 0 Å². The van der Waals surface area contributed by atoms with Gasteiger partial charge in [0.1, 0.15) is 0 Å². The number of hydrogen-bond acceptors (Lipinski definition) is 6. The summed E-state index contributed by atoms with van der Waals surface area (Å²) in [5.41, 5.74) is -0.264. The molecule has 0 aliphatic rings. The molecule has 108 valence electrons. The summed E-state index contributed by atoms with van der Waals surface area (Å²) < 4.78 is 9.34. The second-order valence-electron chi connectivity index (χ2n) is 3.70. The van der Waals surface area contributed by atoms with Crippen LogP contribution in [0.2, 0.25) is 0 Å². The summed E-state index contributed by atoms with van der Waals surface area (Å²) >= 11 is 0. The van der Waals surface area contributed by atoms with Gasteiger partial charge in [0.25, 0.3) is 5.91 Å². The first-order valence-electron chi connectivity index (χ1n) is 5.67. The second-order valence-corrected chi connectivity index (χ2v) is 3.70. The lowest BCUT2D eigenvalue weighted by Gasteiger charge is -2.09. The fraction of sp³-hybridized carbons (Fsp3) is 0.333. The lowest BCUT2D eigenvalue weighted by Crippen LogP contribution is -2.26. The first kappa shape index (κ1) is 15.4. The van der Waals surface area contributed by atoms with Gasteiger partial charge in [-0.15, -0.1) is 0 Å². The van der Waals surface area contributed by atoms with Gasteiger partial charge in [0.05, 0.1) is 31.1 Å². The monoisotopic (exact) mass is 282 g/mol. The molecule has 20 heavy (non-hydrogen) atoms. The van der Waals surface area contributed by atoms with Crippen LogP contribution in [0.15, 0.2) is 18.2 Å². The molecule has 0 bridgehead atoms. The molecule has 8 nitrogen and oxygen atoms in total. The first-order chi connectivity index (χ1) is 9.51. The number of hydrogen-bond donors (Lipinski definition) is 1. The van der Waals surface area contributed by atoms with Crippen LogP contribution in [0.1, 0.15) is 16.8 Å².